The number of methoxy groups -OCH3 is 2. The van der Waals surface area contributed by atoms with E-state index in [-0.39, 0.29) is 16.4 Å². The van der Waals surface area contributed by atoms with Gasteiger partial charge in [0, 0.05) is 12.5 Å². The van der Waals surface area contributed by atoms with E-state index in [2.05, 4.69) is 5.32 Å². The number of benzene rings is 2. The molecular weight excluding hydrogens is 402 g/mol. The Morgan fingerprint density at radius 1 is 1.10 bits per heavy atom. The van der Waals surface area contributed by atoms with Crippen LogP contribution in [0.4, 0.5) is 0 Å². The highest BCUT2D eigenvalue weighted by atomic mass is 32.2. The minimum Gasteiger partial charge on any atom is -0.493 e. The monoisotopic (exact) mass is 431 g/mol. The molecule has 0 saturated heterocycles. The van der Waals surface area contributed by atoms with Crippen LogP contribution in [0.15, 0.2) is 47.4 Å². The number of ketones is 1. The van der Waals surface area contributed by atoms with Gasteiger partial charge in [-0.3, -0.25) is 10.1 Å². The maximum Gasteiger partial charge on any atom is 0.181 e. The number of carbonyl (C=O) groups excluding carboxylic acids is 1. The molecule has 1 aliphatic rings. The lowest BCUT2D eigenvalue weighted by atomic mass is 9.87. The van der Waals surface area contributed by atoms with Gasteiger partial charge in [-0.25, -0.2) is 8.42 Å². The van der Waals surface area contributed by atoms with Gasteiger partial charge in [0.2, 0.25) is 0 Å². The molecule has 2 atom stereocenters. The summed E-state index contributed by atoms with van der Waals surface area (Å²) in [7, 11) is -0.790. The van der Waals surface area contributed by atoms with Crippen LogP contribution in [0.3, 0.4) is 0 Å². The van der Waals surface area contributed by atoms with E-state index in [1.54, 1.807) is 6.07 Å². The van der Waals surface area contributed by atoms with Crippen molar-refractivity contribution >= 4 is 15.6 Å². The zero-order chi connectivity index (χ0) is 21.9. The maximum atomic E-state index is 13.5. The van der Waals surface area contributed by atoms with Gasteiger partial charge in [-0.15, -0.1) is 0 Å². The van der Waals surface area contributed by atoms with Crippen molar-refractivity contribution in [3.8, 4) is 11.5 Å². The summed E-state index contributed by atoms with van der Waals surface area (Å²) in [6.07, 6.45) is 1.35. The normalized spacial score (nSPS) is 22.6. The molecule has 2 aromatic rings. The number of rotatable bonds is 7. The highest BCUT2D eigenvalue weighted by molar-refractivity contribution is 7.91. The zero-order valence-electron chi connectivity index (χ0n) is 17.9. The van der Waals surface area contributed by atoms with Crippen molar-refractivity contribution in [2.24, 2.45) is 0 Å². The molecule has 0 fully saturated rings. The van der Waals surface area contributed by atoms with Crippen LogP contribution in [-0.4, -0.2) is 39.7 Å². The summed E-state index contributed by atoms with van der Waals surface area (Å²) in [6.45, 7) is 3.78. The zero-order valence-corrected chi connectivity index (χ0v) is 18.7. The Morgan fingerprint density at radius 2 is 1.73 bits per heavy atom. The fourth-order valence-corrected chi connectivity index (χ4v) is 6.18. The van der Waals surface area contributed by atoms with Crippen molar-refractivity contribution in [1.29, 1.82) is 0 Å². The molecule has 1 N–H and O–H groups in total. The van der Waals surface area contributed by atoms with Crippen LogP contribution < -0.4 is 14.8 Å². The van der Waals surface area contributed by atoms with Crippen molar-refractivity contribution < 1.29 is 22.7 Å². The molecule has 3 rings (SSSR count). The number of fused-ring (bicyclic) bond motifs is 1. The molecule has 162 valence electrons. The lowest BCUT2D eigenvalue weighted by Gasteiger charge is -2.34. The molecule has 2 aromatic carbocycles. The third kappa shape index (κ3) is 3.96. The number of hydrogen-bond acceptors (Lipinski definition) is 6. The topological polar surface area (TPSA) is 81.7 Å². The summed E-state index contributed by atoms with van der Waals surface area (Å²) >= 11 is 0. The van der Waals surface area contributed by atoms with Gasteiger partial charge in [-0.1, -0.05) is 44.2 Å². The van der Waals surface area contributed by atoms with Crippen molar-refractivity contribution in [3.63, 3.8) is 0 Å². The summed E-state index contributed by atoms with van der Waals surface area (Å²) in [4.78, 5) is 13.4. The highest BCUT2D eigenvalue weighted by Gasteiger charge is 2.46. The van der Waals surface area contributed by atoms with E-state index >= 15 is 0 Å². The molecule has 0 aromatic heterocycles. The Kier molecular flexibility index (Phi) is 6.53. The van der Waals surface area contributed by atoms with Gasteiger partial charge in [-0.05, 0) is 30.0 Å². The van der Waals surface area contributed by atoms with Crippen LogP contribution in [0.25, 0.3) is 0 Å². The number of sulfone groups is 1. The summed E-state index contributed by atoms with van der Waals surface area (Å²) in [6, 6.07) is 12.3. The molecule has 0 aliphatic carbocycles. The number of hydrogen-bond donors (Lipinski definition) is 1. The SMILES string of the molecule is CCCC(=O)[C@@]1(CC)CS(=O)(=O)c2cc(OC)c(OC)cc2[C@H](c2ccccc2)N1. The van der Waals surface area contributed by atoms with Gasteiger partial charge in [0.25, 0.3) is 0 Å². The first-order valence-electron chi connectivity index (χ1n) is 10.2. The van der Waals surface area contributed by atoms with Gasteiger partial charge in [0.1, 0.15) is 0 Å². The molecule has 0 bridgehead atoms. The predicted molar refractivity (Wildman–Crippen MR) is 116 cm³/mol. The van der Waals surface area contributed by atoms with Gasteiger partial charge >= 0.3 is 0 Å². The molecular formula is C23H29NO5S. The number of Topliss-reactive ketones (excluding diaryl/α,β-unsaturated/α-hetero) is 1. The van der Waals surface area contributed by atoms with Crippen molar-refractivity contribution in [3.05, 3.63) is 53.6 Å². The first kappa shape index (κ1) is 22.3. The molecule has 0 radical (unpaired) electrons. The van der Waals surface area contributed by atoms with E-state index in [4.69, 9.17) is 9.47 Å². The van der Waals surface area contributed by atoms with Crippen LogP contribution in [-0.2, 0) is 14.6 Å². The quantitative estimate of drug-likeness (QED) is 0.720. The molecule has 0 amide bonds. The van der Waals surface area contributed by atoms with Crippen LogP contribution >= 0.6 is 0 Å². The second kappa shape index (κ2) is 8.78. The van der Waals surface area contributed by atoms with E-state index in [1.807, 2.05) is 44.2 Å². The van der Waals surface area contributed by atoms with E-state index in [1.165, 1.54) is 20.3 Å². The Labute approximate surface area is 178 Å². The Morgan fingerprint density at radius 3 is 2.30 bits per heavy atom. The minimum absolute atomic E-state index is 0.0799. The van der Waals surface area contributed by atoms with Gasteiger partial charge in [0.05, 0.1) is 36.4 Å². The van der Waals surface area contributed by atoms with E-state index in [0.717, 1.165) is 5.56 Å². The smallest absolute Gasteiger partial charge is 0.181 e. The Bertz CT molecular complexity index is 1020. The molecule has 7 heteroatoms. The second-order valence-electron chi connectivity index (χ2n) is 7.60. The Balaban J connectivity index is 2.32. The van der Waals surface area contributed by atoms with Gasteiger partial charge in [-0.2, -0.15) is 0 Å². The number of nitrogens with one attached hydrogen (secondary N) is 1. The highest BCUT2D eigenvalue weighted by Crippen LogP contribution is 2.42. The first-order valence-corrected chi connectivity index (χ1v) is 11.8. The number of ether oxygens (including phenoxy) is 2. The van der Waals surface area contributed by atoms with Crippen molar-refractivity contribution in [1.82, 2.24) is 5.32 Å². The molecule has 6 nitrogen and oxygen atoms in total. The minimum atomic E-state index is -3.78. The summed E-state index contributed by atoms with van der Waals surface area (Å²) in [5.41, 5.74) is 0.262. The predicted octanol–water partition coefficient (Wildman–Crippen LogP) is 3.69. The lowest BCUT2D eigenvalue weighted by molar-refractivity contribution is -0.125. The van der Waals surface area contributed by atoms with Crippen LogP contribution in [0.2, 0.25) is 0 Å². The molecule has 0 unspecified atom stereocenters. The van der Waals surface area contributed by atoms with E-state index < -0.39 is 21.4 Å². The molecule has 0 saturated carbocycles. The molecule has 0 spiro atoms. The third-order valence-corrected chi connectivity index (χ3v) is 7.66. The Hall–Kier alpha value is -2.38. The summed E-state index contributed by atoms with van der Waals surface area (Å²) < 4.78 is 37.9. The van der Waals surface area contributed by atoms with Gasteiger partial charge in [0.15, 0.2) is 27.1 Å². The molecule has 1 heterocycles. The fraction of sp³-hybridized carbons (Fsp3) is 0.435. The third-order valence-electron chi connectivity index (χ3n) is 5.77. The van der Waals surface area contributed by atoms with Gasteiger partial charge < -0.3 is 9.47 Å². The summed E-state index contributed by atoms with van der Waals surface area (Å²) in [5.74, 6) is 0.415. The van der Waals surface area contributed by atoms with Crippen LogP contribution in [0.5, 0.6) is 11.5 Å². The standard InChI is InChI=1S/C23H29NO5S/c1-5-10-21(25)23(6-2)15-30(26,27)20-14-19(29-4)18(28-3)13-17(20)22(24-23)16-11-8-7-9-12-16/h7-9,11-14,22,24H,5-6,10,15H2,1-4H3/t22-,23+/m0/s1. The average Bonchev–Trinajstić information content (AvgIpc) is 2.85. The van der Waals surface area contributed by atoms with E-state index in [9.17, 15) is 13.2 Å². The lowest BCUT2D eigenvalue weighted by Crippen LogP contribution is -2.56. The second-order valence-corrected chi connectivity index (χ2v) is 9.56. The number of carbonyl (C=O) groups is 1. The molecule has 30 heavy (non-hydrogen) atoms. The molecule has 1 aliphatic heterocycles. The average molecular weight is 432 g/mol. The van der Waals surface area contributed by atoms with Crippen LogP contribution in [0, 0.1) is 0 Å². The largest absolute Gasteiger partial charge is 0.493 e. The first-order chi connectivity index (χ1) is 14.3. The van der Waals surface area contributed by atoms with Crippen molar-refractivity contribution in [2.45, 2.75) is 49.6 Å². The summed E-state index contributed by atoms with van der Waals surface area (Å²) in [5, 5.41) is 3.46. The van der Waals surface area contributed by atoms with Crippen molar-refractivity contribution in [2.75, 3.05) is 20.0 Å². The fourth-order valence-electron chi connectivity index (χ4n) is 4.11. The maximum absolute atomic E-state index is 13.5. The van der Waals surface area contributed by atoms with E-state index in [0.29, 0.717) is 36.3 Å². The van der Waals surface area contributed by atoms with Crippen LogP contribution in [0.1, 0.15) is 50.3 Å².